The summed E-state index contributed by atoms with van der Waals surface area (Å²) in [4.78, 5) is 16.8. The first-order valence-corrected chi connectivity index (χ1v) is 7.92. The lowest BCUT2D eigenvalue weighted by atomic mass is 10.1. The van der Waals surface area contributed by atoms with Gasteiger partial charge in [0.05, 0.1) is 46.0 Å². The van der Waals surface area contributed by atoms with Crippen molar-refractivity contribution in [1.82, 2.24) is 19.9 Å². The highest BCUT2D eigenvalue weighted by molar-refractivity contribution is 6.05. The number of anilines is 1. The summed E-state index contributed by atoms with van der Waals surface area (Å²) in [5, 5.41) is 11.9. The Morgan fingerprint density at radius 2 is 2.08 bits per heavy atom. The number of fused-ring (bicyclic) bond motifs is 1. The van der Waals surface area contributed by atoms with E-state index in [0.717, 1.165) is 23.2 Å². The number of rotatable bonds is 3. The summed E-state index contributed by atoms with van der Waals surface area (Å²) in [5.74, 6) is -0.197. The molecule has 24 heavy (non-hydrogen) atoms. The molecule has 3 heterocycles. The van der Waals surface area contributed by atoms with Crippen molar-refractivity contribution in [2.75, 3.05) is 5.32 Å². The van der Waals surface area contributed by atoms with Gasteiger partial charge in [0.1, 0.15) is 0 Å². The third-order valence-electron chi connectivity index (χ3n) is 3.85. The van der Waals surface area contributed by atoms with E-state index in [-0.39, 0.29) is 11.4 Å². The summed E-state index contributed by atoms with van der Waals surface area (Å²) < 4.78 is 6.98. The van der Waals surface area contributed by atoms with E-state index in [1.165, 1.54) is 0 Å². The first-order valence-electron chi connectivity index (χ1n) is 7.92. The molecule has 0 unspecified atom stereocenters. The molecule has 1 N–H and O–H groups in total. The normalized spacial score (nSPS) is 11.9. The van der Waals surface area contributed by atoms with Gasteiger partial charge in [-0.15, -0.1) is 0 Å². The number of nitrogens with zero attached hydrogens (tertiary/aromatic N) is 4. The van der Waals surface area contributed by atoms with Gasteiger partial charge in [-0.25, -0.2) is 4.98 Å². The van der Waals surface area contributed by atoms with Crippen molar-refractivity contribution >= 4 is 22.7 Å². The molecule has 0 aliphatic rings. The number of hydrogen-bond donors (Lipinski definition) is 1. The van der Waals surface area contributed by atoms with Gasteiger partial charge in [-0.1, -0.05) is 12.1 Å². The predicted molar refractivity (Wildman–Crippen MR) is 91.1 cm³/mol. The van der Waals surface area contributed by atoms with Crippen molar-refractivity contribution < 1.29 is 9.32 Å². The third-order valence-corrected chi connectivity index (χ3v) is 3.85. The highest BCUT2D eigenvalue weighted by atomic mass is 16.5. The molecule has 3 aromatic heterocycles. The van der Waals surface area contributed by atoms with E-state index in [0.29, 0.717) is 17.0 Å². The summed E-state index contributed by atoms with van der Waals surface area (Å²) in [7, 11) is 0. The molecule has 0 radical (unpaired) electrons. The number of nitrogens with one attached hydrogen (secondary N) is 1. The quantitative estimate of drug-likeness (QED) is 0.797. The van der Waals surface area contributed by atoms with Crippen molar-refractivity contribution in [2.45, 2.75) is 46.6 Å². The Balaban J connectivity index is 1.91. The number of aryl methyl sites for hydroxylation is 1. The second kappa shape index (κ2) is 5.74. The van der Waals surface area contributed by atoms with Gasteiger partial charge in [0.25, 0.3) is 11.6 Å². The molecule has 0 spiro atoms. The van der Waals surface area contributed by atoms with Gasteiger partial charge in [0, 0.05) is 0 Å². The smallest absolute Gasteiger partial charge is 0.259 e. The van der Waals surface area contributed by atoms with E-state index in [1.807, 2.05) is 24.6 Å². The van der Waals surface area contributed by atoms with Crippen molar-refractivity contribution in [3.8, 4) is 0 Å². The highest BCUT2D eigenvalue weighted by Crippen LogP contribution is 2.22. The van der Waals surface area contributed by atoms with Crippen LogP contribution in [-0.4, -0.2) is 25.8 Å². The van der Waals surface area contributed by atoms with E-state index < -0.39 is 0 Å². The lowest BCUT2D eigenvalue weighted by Gasteiger charge is -2.22. The minimum absolute atomic E-state index is 0.177. The zero-order valence-electron chi connectivity index (χ0n) is 14.5. The standard InChI is InChI=1S/C17H21N5O2/c1-6-14-13(9-19-22(14)17(3,4)5)15(23)20-11-7-12-10(2)21-24-16(12)18-8-11/h7-9H,6H2,1-5H3,(H,20,23). The van der Waals surface area contributed by atoms with Crippen LogP contribution in [0.3, 0.4) is 0 Å². The molecule has 0 aliphatic heterocycles. The Hall–Kier alpha value is -2.70. The minimum Gasteiger partial charge on any atom is -0.336 e. The van der Waals surface area contributed by atoms with Crippen LogP contribution in [0.5, 0.6) is 0 Å². The predicted octanol–water partition coefficient (Wildman–Crippen LogP) is 3.30. The molecule has 0 saturated carbocycles. The fraction of sp³-hybridized carbons (Fsp3) is 0.412. The molecule has 3 aromatic rings. The Morgan fingerprint density at radius 3 is 2.75 bits per heavy atom. The lowest BCUT2D eigenvalue weighted by Crippen LogP contribution is -2.26. The van der Waals surface area contributed by atoms with Crippen LogP contribution in [0.2, 0.25) is 0 Å². The van der Waals surface area contributed by atoms with Gasteiger partial charge in [0.2, 0.25) is 0 Å². The van der Waals surface area contributed by atoms with Crippen molar-refractivity contribution in [1.29, 1.82) is 0 Å². The van der Waals surface area contributed by atoms with Crippen LogP contribution in [0.1, 0.15) is 49.4 Å². The topological polar surface area (TPSA) is 85.8 Å². The number of pyridine rings is 1. The number of amides is 1. The zero-order valence-corrected chi connectivity index (χ0v) is 14.5. The zero-order chi connectivity index (χ0) is 17.5. The first-order chi connectivity index (χ1) is 11.3. The summed E-state index contributed by atoms with van der Waals surface area (Å²) in [6, 6.07) is 1.81. The molecular formula is C17H21N5O2. The van der Waals surface area contributed by atoms with Crippen molar-refractivity contribution in [3.63, 3.8) is 0 Å². The summed E-state index contributed by atoms with van der Waals surface area (Å²) in [6.45, 7) is 10.0. The molecule has 0 atom stereocenters. The molecule has 7 nitrogen and oxygen atoms in total. The van der Waals surface area contributed by atoms with Crippen LogP contribution in [0.15, 0.2) is 23.0 Å². The molecule has 126 valence electrons. The van der Waals surface area contributed by atoms with Gasteiger partial charge >= 0.3 is 0 Å². The fourth-order valence-corrected chi connectivity index (χ4v) is 2.69. The van der Waals surface area contributed by atoms with Gasteiger partial charge in [0.15, 0.2) is 0 Å². The second-order valence-corrected chi connectivity index (χ2v) is 6.74. The molecule has 0 aliphatic carbocycles. The maximum Gasteiger partial charge on any atom is 0.259 e. The number of aromatic nitrogens is 4. The molecule has 3 rings (SSSR count). The van der Waals surface area contributed by atoms with E-state index in [4.69, 9.17) is 4.52 Å². The van der Waals surface area contributed by atoms with Crippen LogP contribution in [0.25, 0.3) is 11.1 Å². The molecule has 0 bridgehead atoms. The molecule has 1 amide bonds. The van der Waals surface area contributed by atoms with Crippen molar-refractivity contribution in [2.24, 2.45) is 0 Å². The van der Waals surface area contributed by atoms with Crippen LogP contribution in [0, 0.1) is 6.92 Å². The Morgan fingerprint density at radius 1 is 1.33 bits per heavy atom. The summed E-state index contributed by atoms with van der Waals surface area (Å²) >= 11 is 0. The van der Waals surface area contributed by atoms with Crippen LogP contribution in [0.4, 0.5) is 5.69 Å². The monoisotopic (exact) mass is 327 g/mol. The van der Waals surface area contributed by atoms with Crippen LogP contribution < -0.4 is 5.32 Å². The summed E-state index contributed by atoms with van der Waals surface area (Å²) in [6.07, 6.45) is 3.91. The average Bonchev–Trinajstić information content (AvgIpc) is 3.11. The molecule has 7 heteroatoms. The SMILES string of the molecule is CCc1c(C(=O)Nc2cnc3onc(C)c3c2)cnn1C(C)(C)C. The average molecular weight is 327 g/mol. The van der Waals surface area contributed by atoms with E-state index in [2.05, 4.69) is 41.3 Å². The Kier molecular flexibility index (Phi) is 3.87. The number of hydrogen-bond acceptors (Lipinski definition) is 5. The molecule has 0 aromatic carbocycles. The fourth-order valence-electron chi connectivity index (χ4n) is 2.69. The number of carbonyl (C=O) groups is 1. The van der Waals surface area contributed by atoms with E-state index in [1.54, 1.807) is 12.4 Å². The lowest BCUT2D eigenvalue weighted by molar-refractivity contribution is 0.102. The van der Waals surface area contributed by atoms with Gasteiger partial charge < -0.3 is 9.84 Å². The molecular weight excluding hydrogens is 306 g/mol. The van der Waals surface area contributed by atoms with Gasteiger partial charge in [-0.2, -0.15) is 5.10 Å². The van der Waals surface area contributed by atoms with E-state index in [9.17, 15) is 4.79 Å². The highest BCUT2D eigenvalue weighted by Gasteiger charge is 2.23. The number of carbonyl (C=O) groups excluding carboxylic acids is 1. The minimum atomic E-state index is -0.197. The third kappa shape index (κ3) is 2.77. The maximum atomic E-state index is 12.7. The van der Waals surface area contributed by atoms with E-state index >= 15 is 0 Å². The molecule has 0 saturated heterocycles. The first kappa shape index (κ1) is 16.2. The second-order valence-electron chi connectivity index (χ2n) is 6.74. The van der Waals surface area contributed by atoms with Gasteiger partial charge in [-0.3, -0.25) is 9.48 Å². The Labute approximate surface area is 140 Å². The summed E-state index contributed by atoms with van der Waals surface area (Å²) in [5.41, 5.74) is 3.11. The largest absolute Gasteiger partial charge is 0.336 e. The molecule has 0 fully saturated rings. The maximum absolute atomic E-state index is 12.7. The van der Waals surface area contributed by atoms with Crippen LogP contribution in [-0.2, 0) is 12.0 Å². The van der Waals surface area contributed by atoms with Gasteiger partial charge in [-0.05, 0) is 40.2 Å². The Bertz CT molecular complexity index is 901. The van der Waals surface area contributed by atoms with Crippen LogP contribution >= 0.6 is 0 Å². The van der Waals surface area contributed by atoms with Crippen molar-refractivity contribution in [3.05, 3.63) is 35.4 Å².